The van der Waals surface area contributed by atoms with Gasteiger partial charge in [0, 0.05) is 0 Å². The van der Waals surface area contributed by atoms with Crippen molar-refractivity contribution >= 4 is 0 Å². The highest BCUT2D eigenvalue weighted by Gasteiger charge is 2.16. The lowest BCUT2D eigenvalue weighted by Gasteiger charge is -2.21. The highest BCUT2D eigenvalue weighted by Crippen LogP contribution is 2.15. The van der Waals surface area contributed by atoms with E-state index in [9.17, 15) is 0 Å². The maximum Gasteiger partial charge on any atom is 0.108 e. The van der Waals surface area contributed by atoms with Crippen molar-refractivity contribution in [1.29, 1.82) is 0 Å². The fraction of sp³-hybridized carbons (Fsp3) is 0.750. The fourth-order valence-corrected chi connectivity index (χ4v) is 1.60. The van der Waals surface area contributed by atoms with Crippen molar-refractivity contribution in [2.75, 3.05) is 13.1 Å². The van der Waals surface area contributed by atoms with Crippen LogP contribution in [0.3, 0.4) is 0 Å². The Hall–Kier alpha value is -0.940. The van der Waals surface area contributed by atoms with Crippen molar-refractivity contribution in [3.05, 3.63) is 11.9 Å². The smallest absolute Gasteiger partial charge is 0.108 e. The molecule has 0 saturated carbocycles. The molecule has 2 rings (SSSR count). The van der Waals surface area contributed by atoms with Gasteiger partial charge in [-0.2, -0.15) is 15.0 Å². The Kier molecular flexibility index (Phi) is 2.56. The molecule has 0 radical (unpaired) electrons. The molecular formula is C8H14N4O. The van der Waals surface area contributed by atoms with Gasteiger partial charge in [-0.25, -0.2) is 0 Å². The molecule has 0 aliphatic carbocycles. The Morgan fingerprint density at radius 3 is 2.92 bits per heavy atom. The van der Waals surface area contributed by atoms with Gasteiger partial charge in [0.2, 0.25) is 0 Å². The monoisotopic (exact) mass is 182 g/mol. The number of piperidine rings is 1. The molecule has 1 aliphatic rings. The molecule has 1 aliphatic heterocycles. The summed E-state index contributed by atoms with van der Waals surface area (Å²) >= 11 is 0. The predicted octanol–water partition coefficient (Wildman–Crippen LogP) is -0.305. The predicted molar refractivity (Wildman–Crippen MR) is 47.1 cm³/mol. The molecule has 0 amide bonds. The number of rotatable bonds is 2. The van der Waals surface area contributed by atoms with E-state index in [2.05, 4.69) is 15.5 Å². The molecule has 1 fully saturated rings. The lowest BCUT2D eigenvalue weighted by molar-refractivity contribution is 0.269. The molecule has 1 aromatic rings. The molecule has 1 aromatic heterocycles. The normalized spacial score (nSPS) is 19.2. The molecule has 2 heterocycles. The van der Waals surface area contributed by atoms with Gasteiger partial charge in [0.15, 0.2) is 0 Å². The van der Waals surface area contributed by atoms with Crippen molar-refractivity contribution in [3.63, 3.8) is 0 Å². The summed E-state index contributed by atoms with van der Waals surface area (Å²) in [5.41, 5.74) is 0.651. The van der Waals surface area contributed by atoms with Crippen molar-refractivity contribution < 1.29 is 5.11 Å². The van der Waals surface area contributed by atoms with Crippen molar-refractivity contribution in [2.24, 2.45) is 0 Å². The van der Waals surface area contributed by atoms with Gasteiger partial charge in [-0.15, -0.1) is 0 Å². The first kappa shape index (κ1) is 8.65. The van der Waals surface area contributed by atoms with Crippen LogP contribution in [0.25, 0.3) is 0 Å². The fourth-order valence-electron chi connectivity index (χ4n) is 1.60. The summed E-state index contributed by atoms with van der Waals surface area (Å²) in [5, 5.41) is 20.4. The van der Waals surface area contributed by atoms with E-state index in [1.54, 1.807) is 11.0 Å². The van der Waals surface area contributed by atoms with E-state index >= 15 is 0 Å². The molecule has 1 saturated heterocycles. The lowest BCUT2D eigenvalue weighted by atomic mass is 10.1. The quantitative estimate of drug-likeness (QED) is 0.659. The second kappa shape index (κ2) is 3.85. The summed E-state index contributed by atoms with van der Waals surface area (Å²) in [7, 11) is 0. The number of aliphatic hydroxyl groups excluding tert-OH is 1. The first-order chi connectivity index (χ1) is 6.40. The Morgan fingerprint density at radius 2 is 2.31 bits per heavy atom. The van der Waals surface area contributed by atoms with Gasteiger partial charge in [0.25, 0.3) is 0 Å². The minimum Gasteiger partial charge on any atom is -0.390 e. The van der Waals surface area contributed by atoms with Gasteiger partial charge in [-0.05, 0) is 25.9 Å². The van der Waals surface area contributed by atoms with Crippen LogP contribution >= 0.6 is 0 Å². The van der Waals surface area contributed by atoms with Gasteiger partial charge in [-0.1, -0.05) is 0 Å². The second-order valence-corrected chi connectivity index (χ2v) is 3.30. The van der Waals surface area contributed by atoms with E-state index in [0.717, 1.165) is 25.9 Å². The third-order valence-electron chi connectivity index (χ3n) is 2.35. The van der Waals surface area contributed by atoms with Crippen LogP contribution in [0.5, 0.6) is 0 Å². The van der Waals surface area contributed by atoms with Crippen LogP contribution in [-0.2, 0) is 6.61 Å². The molecular weight excluding hydrogens is 168 g/mol. The Labute approximate surface area is 76.8 Å². The van der Waals surface area contributed by atoms with Crippen LogP contribution in [0.1, 0.15) is 24.6 Å². The molecule has 5 nitrogen and oxygen atoms in total. The first-order valence-electron chi connectivity index (χ1n) is 4.62. The number of aliphatic hydroxyl groups is 1. The van der Waals surface area contributed by atoms with E-state index in [-0.39, 0.29) is 6.61 Å². The minimum absolute atomic E-state index is 0.0228. The first-order valence-corrected chi connectivity index (χ1v) is 4.62. The topological polar surface area (TPSA) is 63.0 Å². The van der Waals surface area contributed by atoms with Crippen LogP contribution in [-0.4, -0.2) is 33.2 Å². The Morgan fingerprint density at radius 1 is 1.54 bits per heavy atom. The molecule has 72 valence electrons. The SMILES string of the molecule is OCc1cnn(C2CCNCC2)n1. The molecule has 2 N–H and O–H groups in total. The Balaban J connectivity index is 2.05. The molecule has 0 atom stereocenters. The molecule has 0 bridgehead atoms. The number of nitrogens with zero attached hydrogens (tertiary/aromatic N) is 3. The summed E-state index contributed by atoms with van der Waals surface area (Å²) in [6.07, 6.45) is 3.77. The van der Waals surface area contributed by atoms with E-state index in [1.807, 2.05) is 0 Å². The van der Waals surface area contributed by atoms with Crippen molar-refractivity contribution in [1.82, 2.24) is 20.3 Å². The van der Waals surface area contributed by atoms with E-state index < -0.39 is 0 Å². The van der Waals surface area contributed by atoms with E-state index in [1.165, 1.54) is 0 Å². The Bertz CT molecular complexity index is 267. The molecule has 5 heteroatoms. The highest BCUT2D eigenvalue weighted by molar-refractivity contribution is 4.89. The summed E-state index contributed by atoms with van der Waals surface area (Å²) in [5.74, 6) is 0. The summed E-state index contributed by atoms with van der Waals surface area (Å²) in [6.45, 7) is 2.03. The average molecular weight is 182 g/mol. The summed E-state index contributed by atoms with van der Waals surface area (Å²) in [4.78, 5) is 1.73. The van der Waals surface area contributed by atoms with Gasteiger partial charge < -0.3 is 10.4 Å². The number of hydrogen-bond donors (Lipinski definition) is 2. The second-order valence-electron chi connectivity index (χ2n) is 3.30. The third-order valence-corrected chi connectivity index (χ3v) is 2.35. The van der Waals surface area contributed by atoms with Crippen LogP contribution in [0, 0.1) is 0 Å². The van der Waals surface area contributed by atoms with Crippen molar-refractivity contribution in [2.45, 2.75) is 25.5 Å². The van der Waals surface area contributed by atoms with Crippen molar-refractivity contribution in [3.8, 4) is 0 Å². The highest BCUT2D eigenvalue weighted by atomic mass is 16.3. The molecule has 0 aromatic carbocycles. The van der Waals surface area contributed by atoms with E-state index in [0.29, 0.717) is 11.7 Å². The number of aromatic nitrogens is 3. The van der Waals surface area contributed by atoms with Gasteiger partial charge in [-0.3, -0.25) is 0 Å². The third kappa shape index (κ3) is 1.87. The van der Waals surface area contributed by atoms with Crippen LogP contribution in [0.4, 0.5) is 0 Å². The molecule has 0 unspecified atom stereocenters. The molecule has 0 spiro atoms. The summed E-state index contributed by atoms with van der Waals surface area (Å²) < 4.78 is 0. The van der Waals surface area contributed by atoms with Gasteiger partial charge in [0.05, 0.1) is 18.8 Å². The maximum atomic E-state index is 8.82. The maximum absolute atomic E-state index is 8.82. The van der Waals surface area contributed by atoms with E-state index in [4.69, 9.17) is 5.11 Å². The zero-order chi connectivity index (χ0) is 9.10. The number of nitrogens with one attached hydrogen (secondary N) is 1. The average Bonchev–Trinajstić information content (AvgIpc) is 2.67. The summed E-state index contributed by atoms with van der Waals surface area (Å²) in [6, 6.07) is 0.404. The zero-order valence-corrected chi connectivity index (χ0v) is 7.48. The van der Waals surface area contributed by atoms with Crippen LogP contribution < -0.4 is 5.32 Å². The number of hydrogen-bond acceptors (Lipinski definition) is 4. The standard InChI is InChI=1S/C8H14N4O/c13-6-7-5-10-12(11-7)8-1-3-9-4-2-8/h5,8-9,13H,1-4,6H2. The largest absolute Gasteiger partial charge is 0.390 e. The minimum atomic E-state index is -0.0228. The lowest BCUT2D eigenvalue weighted by Crippen LogP contribution is -2.30. The molecule has 13 heavy (non-hydrogen) atoms. The zero-order valence-electron chi connectivity index (χ0n) is 7.48. The van der Waals surface area contributed by atoms with Gasteiger partial charge in [0.1, 0.15) is 5.69 Å². The van der Waals surface area contributed by atoms with Crippen LogP contribution in [0.15, 0.2) is 6.20 Å². The van der Waals surface area contributed by atoms with Crippen LogP contribution in [0.2, 0.25) is 0 Å². The van der Waals surface area contributed by atoms with Gasteiger partial charge >= 0.3 is 0 Å².